The van der Waals surface area contributed by atoms with Gasteiger partial charge in [-0.15, -0.1) is 22.7 Å². The minimum absolute atomic E-state index is 1.14. The Bertz CT molecular complexity index is 2770. The van der Waals surface area contributed by atoms with E-state index in [0.717, 1.165) is 22.7 Å². The number of nitrogens with zero attached hydrogens (tertiary/aromatic N) is 2. The Kier molecular flexibility index (Phi) is 8.01. The Morgan fingerprint density at radius 3 is 1.15 bits per heavy atom. The Balaban J connectivity index is 1.07. The Morgan fingerprint density at radius 2 is 0.722 bits per heavy atom. The third kappa shape index (κ3) is 5.46. The molecule has 2 heterocycles. The monoisotopic (exact) mass is 728 g/mol. The molecule has 0 radical (unpaired) electrons. The van der Waals surface area contributed by atoms with Crippen molar-refractivity contribution in [1.29, 1.82) is 0 Å². The van der Waals surface area contributed by atoms with Gasteiger partial charge in [-0.1, -0.05) is 109 Å². The maximum Gasteiger partial charge on any atom is 0.0640 e. The van der Waals surface area contributed by atoms with Gasteiger partial charge in [0.2, 0.25) is 0 Å². The summed E-state index contributed by atoms with van der Waals surface area (Å²) in [5, 5.41) is 5.21. The zero-order valence-corrected chi connectivity index (χ0v) is 31.7. The van der Waals surface area contributed by atoms with Crippen molar-refractivity contribution in [2.75, 3.05) is 9.80 Å². The maximum absolute atomic E-state index is 2.41. The molecule has 0 saturated heterocycles. The van der Waals surface area contributed by atoms with E-state index in [-0.39, 0.29) is 0 Å². The van der Waals surface area contributed by atoms with Gasteiger partial charge in [0, 0.05) is 53.7 Å². The molecule has 0 spiro atoms. The topological polar surface area (TPSA) is 6.48 Å². The predicted octanol–water partition coefficient (Wildman–Crippen LogP) is 15.6. The number of anilines is 6. The normalized spacial score (nSPS) is 11.5. The summed E-state index contributed by atoms with van der Waals surface area (Å²) < 4.78 is 5.21. The van der Waals surface area contributed by atoms with Gasteiger partial charge in [-0.2, -0.15) is 0 Å². The number of aryl methyl sites for hydroxylation is 2. The fourth-order valence-electron chi connectivity index (χ4n) is 8.00. The van der Waals surface area contributed by atoms with Crippen LogP contribution in [0.25, 0.3) is 51.5 Å². The number of para-hydroxylation sites is 2. The summed E-state index contributed by atoms with van der Waals surface area (Å²) in [5.41, 5.74) is 11.9. The third-order valence-electron chi connectivity index (χ3n) is 10.5. The Morgan fingerprint density at radius 1 is 0.333 bits per heavy atom. The van der Waals surface area contributed by atoms with Gasteiger partial charge in [-0.3, -0.25) is 0 Å². The van der Waals surface area contributed by atoms with Crippen LogP contribution in [0.5, 0.6) is 0 Å². The second-order valence-electron chi connectivity index (χ2n) is 13.8. The van der Waals surface area contributed by atoms with Crippen molar-refractivity contribution < 1.29 is 0 Å². The summed E-state index contributed by atoms with van der Waals surface area (Å²) in [4.78, 5) is 4.83. The van der Waals surface area contributed by atoms with Crippen LogP contribution in [0.4, 0.5) is 34.1 Å². The van der Waals surface area contributed by atoms with E-state index >= 15 is 0 Å². The largest absolute Gasteiger partial charge is 0.309 e. The van der Waals surface area contributed by atoms with E-state index in [4.69, 9.17) is 0 Å². The molecule has 54 heavy (non-hydrogen) atoms. The minimum atomic E-state index is 1.14. The van der Waals surface area contributed by atoms with Crippen LogP contribution >= 0.6 is 22.7 Å². The van der Waals surface area contributed by atoms with Crippen LogP contribution in [0.15, 0.2) is 182 Å². The average Bonchev–Trinajstić information content (AvgIpc) is 3.79. The quantitative estimate of drug-likeness (QED) is 0.161. The molecule has 0 amide bonds. The molecule has 2 aromatic heterocycles. The van der Waals surface area contributed by atoms with Gasteiger partial charge >= 0.3 is 0 Å². The lowest BCUT2D eigenvalue weighted by atomic mass is 9.95. The van der Waals surface area contributed by atoms with Gasteiger partial charge in [0.05, 0.1) is 20.8 Å². The maximum atomic E-state index is 2.41. The molecule has 10 aromatic rings. The lowest BCUT2D eigenvalue weighted by Crippen LogP contribution is -2.11. The molecule has 0 atom stereocenters. The average molecular weight is 729 g/mol. The molecule has 0 aliphatic carbocycles. The fourth-order valence-corrected chi connectivity index (χ4v) is 10.4. The molecule has 0 bridgehead atoms. The first-order chi connectivity index (χ1) is 26.6. The molecule has 2 nitrogen and oxygen atoms in total. The zero-order chi connectivity index (χ0) is 36.2. The van der Waals surface area contributed by atoms with E-state index in [9.17, 15) is 0 Å². The molecule has 0 fully saturated rings. The lowest BCUT2D eigenvalue weighted by Gasteiger charge is -2.28. The number of rotatable bonds is 7. The van der Waals surface area contributed by atoms with Crippen LogP contribution in [-0.4, -0.2) is 0 Å². The lowest BCUT2D eigenvalue weighted by molar-refractivity contribution is 1.27. The van der Waals surface area contributed by atoms with Crippen molar-refractivity contribution in [3.05, 3.63) is 193 Å². The number of hydrogen-bond acceptors (Lipinski definition) is 4. The number of benzene rings is 8. The van der Waals surface area contributed by atoms with Crippen molar-refractivity contribution in [1.82, 2.24) is 0 Å². The molecule has 258 valence electrons. The van der Waals surface area contributed by atoms with E-state index in [2.05, 4.69) is 206 Å². The number of fused-ring (bicyclic) bond motifs is 6. The smallest absolute Gasteiger partial charge is 0.0640 e. The number of thiophene rings is 2. The summed E-state index contributed by atoms with van der Waals surface area (Å²) in [5.74, 6) is 0. The Labute approximate surface area is 323 Å². The first-order valence-electron chi connectivity index (χ1n) is 18.3. The number of hydrogen-bond donors (Lipinski definition) is 0. The molecule has 0 N–H and O–H groups in total. The van der Waals surface area contributed by atoms with E-state index in [1.165, 1.54) is 74.0 Å². The summed E-state index contributed by atoms with van der Waals surface area (Å²) in [6.45, 7) is 4.49. The van der Waals surface area contributed by atoms with Crippen molar-refractivity contribution in [3.8, 4) is 11.1 Å². The first kappa shape index (κ1) is 32.5. The highest BCUT2D eigenvalue weighted by molar-refractivity contribution is 7.26. The summed E-state index contributed by atoms with van der Waals surface area (Å²) in [6.07, 6.45) is 0. The van der Waals surface area contributed by atoms with E-state index in [1.54, 1.807) is 0 Å². The van der Waals surface area contributed by atoms with Crippen LogP contribution < -0.4 is 9.80 Å². The van der Waals surface area contributed by atoms with Crippen LogP contribution in [-0.2, 0) is 0 Å². The summed E-state index contributed by atoms with van der Waals surface area (Å²) in [6, 6.07) is 66.2. The van der Waals surface area contributed by atoms with Gasteiger partial charge < -0.3 is 9.80 Å². The van der Waals surface area contributed by atoms with Crippen LogP contribution in [0.1, 0.15) is 11.1 Å². The van der Waals surface area contributed by atoms with Crippen LogP contribution in [0.3, 0.4) is 0 Å². The molecule has 0 aliphatic heterocycles. The molecule has 8 aromatic carbocycles. The SMILES string of the molecule is Cc1cc(N(c2ccccc2)c2cccc3c2sc2ccccc23)ccc1-c1ccc(N(c2ccccc2)c2cccc3c2sc2ccccc23)cc1C. The van der Waals surface area contributed by atoms with Crippen molar-refractivity contribution in [2.45, 2.75) is 13.8 Å². The van der Waals surface area contributed by atoms with E-state index in [0.29, 0.717) is 0 Å². The molecule has 0 unspecified atom stereocenters. The second-order valence-corrected chi connectivity index (χ2v) is 15.9. The fraction of sp³-hybridized carbons (Fsp3) is 0.0400. The van der Waals surface area contributed by atoms with Crippen molar-refractivity contribution in [3.63, 3.8) is 0 Å². The molecular formula is C50H36N2S2. The Hall–Kier alpha value is -6.20. The highest BCUT2D eigenvalue weighted by atomic mass is 32.1. The van der Waals surface area contributed by atoms with Crippen molar-refractivity contribution in [2.24, 2.45) is 0 Å². The molecule has 0 saturated carbocycles. The van der Waals surface area contributed by atoms with E-state index in [1.807, 2.05) is 22.7 Å². The molecule has 4 heteroatoms. The predicted molar refractivity (Wildman–Crippen MR) is 236 cm³/mol. The van der Waals surface area contributed by atoms with Crippen LogP contribution in [0.2, 0.25) is 0 Å². The first-order valence-corrected chi connectivity index (χ1v) is 20.0. The standard InChI is InChI=1S/C50H36N2S2/c1-33-31-37(51(35-15-5-3-6-16-35)45-23-13-21-43-41-19-9-11-25-47(41)53-49(43)45)27-29-39(33)40-30-28-38(32-34(40)2)52(36-17-7-4-8-18-36)46-24-14-22-44-42-20-10-12-26-48(42)54-50(44)46/h3-32H,1-2H3. The van der Waals surface area contributed by atoms with E-state index < -0.39 is 0 Å². The summed E-state index contributed by atoms with van der Waals surface area (Å²) >= 11 is 3.74. The van der Waals surface area contributed by atoms with Gasteiger partial charge in [0.15, 0.2) is 0 Å². The zero-order valence-electron chi connectivity index (χ0n) is 30.0. The molecular weight excluding hydrogens is 693 g/mol. The second kappa shape index (κ2) is 13.3. The van der Waals surface area contributed by atoms with Crippen LogP contribution in [0, 0.1) is 13.8 Å². The minimum Gasteiger partial charge on any atom is -0.309 e. The summed E-state index contributed by atoms with van der Waals surface area (Å²) in [7, 11) is 0. The highest BCUT2D eigenvalue weighted by Crippen LogP contribution is 2.47. The van der Waals surface area contributed by atoms with Gasteiger partial charge in [-0.05, 0) is 109 Å². The molecule has 10 rings (SSSR count). The van der Waals surface area contributed by atoms with Gasteiger partial charge in [-0.25, -0.2) is 0 Å². The highest BCUT2D eigenvalue weighted by Gasteiger charge is 2.21. The third-order valence-corrected chi connectivity index (χ3v) is 12.9. The van der Waals surface area contributed by atoms with Gasteiger partial charge in [0.1, 0.15) is 0 Å². The van der Waals surface area contributed by atoms with Gasteiger partial charge in [0.25, 0.3) is 0 Å². The van der Waals surface area contributed by atoms with Crippen molar-refractivity contribution >= 4 is 97.1 Å². The molecule has 0 aliphatic rings.